The van der Waals surface area contributed by atoms with Crippen LogP contribution in [0.15, 0.2) is 29.2 Å². The van der Waals surface area contributed by atoms with E-state index < -0.39 is 10.0 Å². The number of aryl methyl sites for hydroxylation is 1. The van der Waals surface area contributed by atoms with Gasteiger partial charge in [-0.15, -0.1) is 11.6 Å². The molecule has 3 atom stereocenters. The Kier molecular flexibility index (Phi) is 7.78. The van der Waals surface area contributed by atoms with Crippen LogP contribution in [0.5, 0.6) is 0 Å². The van der Waals surface area contributed by atoms with Crippen LogP contribution in [0.25, 0.3) is 0 Å². The van der Waals surface area contributed by atoms with Crippen LogP contribution in [0.1, 0.15) is 64.4 Å². The summed E-state index contributed by atoms with van der Waals surface area (Å²) in [5.41, 5.74) is 1.07. The van der Waals surface area contributed by atoms with Crippen molar-refractivity contribution in [1.82, 2.24) is 4.31 Å². The number of sulfonamides is 1. The van der Waals surface area contributed by atoms with Gasteiger partial charge in [-0.1, -0.05) is 56.7 Å². The fraction of sp³-hybridized carbons (Fsp3) is 0.700. The number of rotatable bonds is 9. The lowest BCUT2D eigenvalue weighted by Crippen LogP contribution is -2.39. The van der Waals surface area contributed by atoms with Crippen LogP contribution >= 0.6 is 11.6 Å². The maximum Gasteiger partial charge on any atom is 0.243 e. The van der Waals surface area contributed by atoms with Gasteiger partial charge in [-0.05, 0) is 44.7 Å². The lowest BCUT2D eigenvalue weighted by Gasteiger charge is -2.29. The minimum atomic E-state index is -3.44. The van der Waals surface area contributed by atoms with E-state index in [1.165, 1.54) is 25.7 Å². The Hall–Kier alpha value is -0.580. The van der Waals surface area contributed by atoms with Crippen molar-refractivity contribution >= 4 is 21.6 Å². The van der Waals surface area contributed by atoms with Crippen molar-refractivity contribution in [2.75, 3.05) is 6.54 Å². The first kappa shape index (κ1) is 20.7. The molecule has 0 aliphatic carbocycles. The molecule has 1 fully saturated rings. The van der Waals surface area contributed by atoms with E-state index in [-0.39, 0.29) is 17.3 Å². The predicted molar refractivity (Wildman–Crippen MR) is 106 cm³/mol. The summed E-state index contributed by atoms with van der Waals surface area (Å²) in [6, 6.07) is 7.20. The summed E-state index contributed by atoms with van der Waals surface area (Å²) in [5.74, 6) is 0.244. The summed E-state index contributed by atoms with van der Waals surface area (Å²) in [7, 11) is -3.44. The Morgan fingerprint density at radius 1 is 1.16 bits per heavy atom. The molecule has 1 saturated heterocycles. The molecule has 142 valence electrons. The average Bonchev–Trinajstić information content (AvgIpc) is 3.00. The molecule has 1 heterocycles. The number of benzene rings is 1. The molecule has 0 spiro atoms. The monoisotopic (exact) mass is 385 g/mol. The van der Waals surface area contributed by atoms with Gasteiger partial charge < -0.3 is 0 Å². The third-order valence-electron chi connectivity index (χ3n) is 5.37. The zero-order valence-electron chi connectivity index (χ0n) is 15.7. The van der Waals surface area contributed by atoms with E-state index in [9.17, 15) is 8.42 Å². The Balaban J connectivity index is 2.14. The first-order valence-electron chi connectivity index (χ1n) is 9.60. The molecule has 1 aromatic rings. The minimum Gasteiger partial charge on any atom is -0.207 e. The zero-order chi connectivity index (χ0) is 18.4. The number of hydrogen-bond acceptors (Lipinski definition) is 2. The Labute approximate surface area is 158 Å². The number of unbranched alkanes of at least 4 members (excludes halogenated alkanes) is 4. The summed E-state index contributed by atoms with van der Waals surface area (Å²) in [4.78, 5) is 0.400. The molecule has 0 bridgehead atoms. The van der Waals surface area contributed by atoms with Crippen LogP contribution in [0, 0.1) is 12.8 Å². The van der Waals surface area contributed by atoms with E-state index in [1.807, 2.05) is 26.0 Å². The lowest BCUT2D eigenvalue weighted by atomic mass is 9.93. The van der Waals surface area contributed by atoms with E-state index in [1.54, 1.807) is 16.4 Å². The van der Waals surface area contributed by atoms with Gasteiger partial charge in [0.05, 0.1) is 4.90 Å². The molecule has 0 aromatic heterocycles. The largest absolute Gasteiger partial charge is 0.243 e. The van der Waals surface area contributed by atoms with Crippen LogP contribution in [-0.2, 0) is 10.0 Å². The van der Waals surface area contributed by atoms with Gasteiger partial charge in [0, 0.05) is 18.0 Å². The summed E-state index contributed by atoms with van der Waals surface area (Å²) in [6.45, 7) is 6.75. The minimum absolute atomic E-state index is 0.00106. The zero-order valence-corrected chi connectivity index (χ0v) is 17.3. The molecule has 0 amide bonds. The normalized spacial score (nSPS) is 23.0. The van der Waals surface area contributed by atoms with Crippen LogP contribution in [0.2, 0.25) is 0 Å². The van der Waals surface area contributed by atoms with E-state index in [2.05, 4.69) is 6.92 Å². The number of hydrogen-bond donors (Lipinski definition) is 0. The molecule has 0 N–H and O–H groups in total. The second kappa shape index (κ2) is 9.38. The van der Waals surface area contributed by atoms with Gasteiger partial charge in [0.25, 0.3) is 0 Å². The van der Waals surface area contributed by atoms with Crippen LogP contribution in [0.4, 0.5) is 0 Å². The maximum atomic E-state index is 13.1. The first-order valence-corrected chi connectivity index (χ1v) is 11.5. The molecule has 0 unspecified atom stereocenters. The second-order valence-corrected chi connectivity index (χ2v) is 9.91. The van der Waals surface area contributed by atoms with Crippen molar-refractivity contribution in [1.29, 1.82) is 0 Å². The Bertz CT molecular complexity index is 628. The molecule has 2 rings (SSSR count). The highest BCUT2D eigenvalue weighted by Crippen LogP contribution is 2.36. The van der Waals surface area contributed by atoms with Crippen LogP contribution in [0.3, 0.4) is 0 Å². The molecule has 0 saturated carbocycles. The lowest BCUT2D eigenvalue weighted by molar-refractivity contribution is 0.306. The van der Waals surface area contributed by atoms with Gasteiger partial charge in [-0.25, -0.2) is 8.42 Å². The van der Waals surface area contributed by atoms with E-state index >= 15 is 0 Å². The molecule has 25 heavy (non-hydrogen) atoms. The van der Waals surface area contributed by atoms with Crippen molar-refractivity contribution in [2.45, 2.75) is 82.0 Å². The van der Waals surface area contributed by atoms with Gasteiger partial charge >= 0.3 is 0 Å². The molecule has 5 heteroatoms. The quantitative estimate of drug-likeness (QED) is 0.423. The van der Waals surface area contributed by atoms with Gasteiger partial charge in [0.1, 0.15) is 0 Å². The van der Waals surface area contributed by atoms with Crippen molar-refractivity contribution in [2.24, 2.45) is 5.92 Å². The van der Waals surface area contributed by atoms with E-state index in [4.69, 9.17) is 11.6 Å². The fourth-order valence-corrected chi connectivity index (χ4v) is 5.85. The van der Waals surface area contributed by atoms with Crippen molar-refractivity contribution in [3.63, 3.8) is 0 Å². The fourth-order valence-electron chi connectivity index (χ4n) is 3.84. The second-order valence-electron chi connectivity index (χ2n) is 7.33. The van der Waals surface area contributed by atoms with Crippen molar-refractivity contribution < 1.29 is 8.42 Å². The van der Waals surface area contributed by atoms with Gasteiger partial charge in [-0.2, -0.15) is 4.31 Å². The van der Waals surface area contributed by atoms with Gasteiger partial charge in [0.2, 0.25) is 10.0 Å². The Morgan fingerprint density at radius 2 is 1.80 bits per heavy atom. The molecular formula is C20H32ClNO2S. The molecule has 0 radical (unpaired) electrons. The first-order chi connectivity index (χ1) is 11.9. The van der Waals surface area contributed by atoms with Crippen LogP contribution < -0.4 is 0 Å². The third-order valence-corrected chi connectivity index (χ3v) is 7.63. The molecule has 1 aliphatic heterocycles. The van der Waals surface area contributed by atoms with Crippen molar-refractivity contribution in [3.05, 3.63) is 29.8 Å². The van der Waals surface area contributed by atoms with Crippen LogP contribution in [-0.4, -0.2) is 30.7 Å². The standard InChI is InChI=1S/C20H32ClNO2S/c1-4-5-6-7-8-9-20-19(17(3)21)14-15-22(20)25(23,24)18-12-10-16(2)11-13-18/h10-13,17,19-20H,4-9,14-15H2,1-3H3/t17-,19-,20-/m0/s1. The molecular weight excluding hydrogens is 354 g/mol. The number of halogens is 1. The van der Waals surface area contributed by atoms with Gasteiger partial charge in [-0.3, -0.25) is 0 Å². The highest BCUT2D eigenvalue weighted by atomic mass is 35.5. The molecule has 1 aliphatic rings. The number of alkyl halides is 1. The smallest absolute Gasteiger partial charge is 0.207 e. The van der Waals surface area contributed by atoms with Crippen molar-refractivity contribution in [3.8, 4) is 0 Å². The summed E-state index contributed by atoms with van der Waals surface area (Å²) >= 11 is 6.40. The average molecular weight is 386 g/mol. The van der Waals surface area contributed by atoms with E-state index in [0.29, 0.717) is 11.4 Å². The summed E-state index contributed by atoms with van der Waals surface area (Å²) in [6.07, 6.45) is 7.72. The van der Waals surface area contributed by atoms with Gasteiger partial charge in [0.15, 0.2) is 0 Å². The maximum absolute atomic E-state index is 13.1. The third kappa shape index (κ3) is 5.21. The highest BCUT2D eigenvalue weighted by molar-refractivity contribution is 7.89. The topological polar surface area (TPSA) is 37.4 Å². The molecule has 3 nitrogen and oxygen atoms in total. The molecule has 1 aromatic carbocycles. The van der Waals surface area contributed by atoms with E-state index in [0.717, 1.165) is 24.8 Å². The Morgan fingerprint density at radius 3 is 2.40 bits per heavy atom. The SMILES string of the molecule is CCCCCCC[C@H]1[C@H]([C@H](C)Cl)CCN1S(=O)(=O)c1ccc(C)cc1. The highest BCUT2D eigenvalue weighted by Gasteiger charge is 2.42. The summed E-state index contributed by atoms with van der Waals surface area (Å²) in [5, 5.41) is -0.00106. The summed E-state index contributed by atoms with van der Waals surface area (Å²) < 4.78 is 28.0. The predicted octanol–water partition coefficient (Wildman–Crippen LogP) is 5.36. The number of nitrogens with zero attached hydrogens (tertiary/aromatic N) is 1.